The summed E-state index contributed by atoms with van der Waals surface area (Å²) in [5.41, 5.74) is 0. The molecule has 0 aromatic heterocycles. The highest BCUT2D eigenvalue weighted by atomic mass is 16.5. The van der Waals surface area contributed by atoms with Gasteiger partial charge >= 0.3 is 5.97 Å². The zero-order valence-electron chi connectivity index (χ0n) is 9.96. The molecule has 0 aromatic rings. The molecule has 3 heteroatoms. The van der Waals surface area contributed by atoms with Crippen molar-refractivity contribution in [1.29, 1.82) is 0 Å². The fourth-order valence-electron chi connectivity index (χ4n) is 1.50. The van der Waals surface area contributed by atoms with E-state index in [2.05, 4.69) is 30.8 Å². The molecule has 0 aromatic carbocycles. The van der Waals surface area contributed by atoms with E-state index in [1.807, 2.05) is 6.92 Å². The lowest BCUT2D eigenvalue weighted by atomic mass is 10.0. The Bertz CT molecular complexity index is 171. The first-order valence-electron chi connectivity index (χ1n) is 5.35. The summed E-state index contributed by atoms with van der Waals surface area (Å²) >= 11 is 0. The van der Waals surface area contributed by atoms with Gasteiger partial charge in [-0.15, -0.1) is 0 Å². The van der Waals surface area contributed by atoms with E-state index >= 15 is 0 Å². The van der Waals surface area contributed by atoms with Gasteiger partial charge in [-0.2, -0.15) is 0 Å². The second-order valence-electron chi connectivity index (χ2n) is 4.04. The summed E-state index contributed by atoms with van der Waals surface area (Å²) in [6.45, 7) is 8.31. The number of methoxy groups -OCH3 is 1. The maximum atomic E-state index is 11.2. The number of esters is 1. The van der Waals surface area contributed by atoms with Gasteiger partial charge in [-0.1, -0.05) is 13.8 Å². The van der Waals surface area contributed by atoms with Crippen molar-refractivity contribution in [3.63, 3.8) is 0 Å². The van der Waals surface area contributed by atoms with Crippen LogP contribution in [0.25, 0.3) is 0 Å². The summed E-state index contributed by atoms with van der Waals surface area (Å²) in [6, 6.07) is 0.869. The summed E-state index contributed by atoms with van der Waals surface area (Å²) in [4.78, 5) is 11.2. The van der Waals surface area contributed by atoms with Crippen LogP contribution in [0, 0.1) is 5.92 Å². The van der Waals surface area contributed by atoms with Crippen molar-refractivity contribution in [1.82, 2.24) is 5.32 Å². The van der Waals surface area contributed by atoms with Crippen LogP contribution in [0.2, 0.25) is 0 Å². The molecule has 3 atom stereocenters. The van der Waals surface area contributed by atoms with Crippen LogP contribution < -0.4 is 5.32 Å². The van der Waals surface area contributed by atoms with E-state index in [9.17, 15) is 4.79 Å². The average Bonchev–Trinajstić information content (AvgIpc) is 2.15. The fourth-order valence-corrected chi connectivity index (χ4v) is 1.50. The summed E-state index contributed by atoms with van der Waals surface area (Å²) < 4.78 is 4.68. The van der Waals surface area contributed by atoms with E-state index in [1.54, 1.807) is 0 Å². The molecule has 0 radical (unpaired) electrons. The molecular formula is C11H23NO2. The summed E-state index contributed by atoms with van der Waals surface area (Å²) in [5, 5.41) is 3.43. The summed E-state index contributed by atoms with van der Waals surface area (Å²) in [5.74, 6) is -0.144. The minimum Gasteiger partial charge on any atom is -0.469 e. The van der Waals surface area contributed by atoms with Gasteiger partial charge in [-0.3, -0.25) is 4.79 Å². The smallest absolute Gasteiger partial charge is 0.308 e. The molecule has 14 heavy (non-hydrogen) atoms. The highest BCUT2D eigenvalue weighted by Gasteiger charge is 2.17. The van der Waals surface area contributed by atoms with Crippen LogP contribution in [0.15, 0.2) is 0 Å². The third-order valence-electron chi connectivity index (χ3n) is 2.49. The normalized spacial score (nSPS) is 17.2. The number of carbonyl (C=O) groups excluding carboxylic acids is 1. The summed E-state index contributed by atoms with van der Waals surface area (Å²) in [7, 11) is 1.44. The number of rotatable bonds is 6. The molecule has 84 valence electrons. The van der Waals surface area contributed by atoms with E-state index < -0.39 is 0 Å². The lowest BCUT2D eigenvalue weighted by molar-refractivity contribution is -0.145. The Balaban J connectivity index is 3.81. The Labute approximate surface area is 87.2 Å². The van der Waals surface area contributed by atoms with Gasteiger partial charge in [0.1, 0.15) is 0 Å². The van der Waals surface area contributed by atoms with Crippen LogP contribution in [0.1, 0.15) is 40.5 Å². The monoisotopic (exact) mass is 201 g/mol. The largest absolute Gasteiger partial charge is 0.469 e. The lowest BCUT2D eigenvalue weighted by Crippen LogP contribution is -2.36. The predicted octanol–water partition coefficient (Wildman–Crippen LogP) is 1.96. The highest BCUT2D eigenvalue weighted by Crippen LogP contribution is 2.08. The topological polar surface area (TPSA) is 38.3 Å². The molecule has 0 heterocycles. The van der Waals surface area contributed by atoms with Gasteiger partial charge in [0.05, 0.1) is 13.0 Å². The number of carbonyl (C=O) groups is 1. The first-order valence-corrected chi connectivity index (χ1v) is 5.35. The Morgan fingerprint density at radius 2 is 1.86 bits per heavy atom. The first-order chi connectivity index (χ1) is 6.51. The Morgan fingerprint density at radius 1 is 1.29 bits per heavy atom. The van der Waals surface area contributed by atoms with Crippen LogP contribution >= 0.6 is 0 Å². The predicted molar refractivity (Wildman–Crippen MR) is 58.1 cm³/mol. The zero-order chi connectivity index (χ0) is 11.1. The molecular weight excluding hydrogens is 178 g/mol. The van der Waals surface area contributed by atoms with Crippen LogP contribution in [0.4, 0.5) is 0 Å². The van der Waals surface area contributed by atoms with Crippen molar-refractivity contribution in [3.05, 3.63) is 0 Å². The first kappa shape index (κ1) is 13.4. The molecule has 0 bridgehead atoms. The maximum absolute atomic E-state index is 11.2. The minimum atomic E-state index is -0.122. The lowest BCUT2D eigenvalue weighted by Gasteiger charge is -2.20. The Morgan fingerprint density at radius 3 is 2.29 bits per heavy atom. The van der Waals surface area contributed by atoms with Gasteiger partial charge < -0.3 is 10.1 Å². The van der Waals surface area contributed by atoms with E-state index in [-0.39, 0.29) is 11.9 Å². The van der Waals surface area contributed by atoms with Crippen molar-refractivity contribution >= 4 is 5.97 Å². The number of hydrogen-bond donors (Lipinski definition) is 1. The van der Waals surface area contributed by atoms with Crippen molar-refractivity contribution in [2.24, 2.45) is 5.92 Å². The van der Waals surface area contributed by atoms with Crippen molar-refractivity contribution in [2.45, 2.75) is 52.6 Å². The van der Waals surface area contributed by atoms with E-state index in [4.69, 9.17) is 0 Å². The van der Waals surface area contributed by atoms with Crippen LogP contribution in [0.3, 0.4) is 0 Å². The molecule has 0 amide bonds. The molecule has 3 nitrogen and oxygen atoms in total. The SMILES string of the molecule is CCC(C)NC(C)CC(C)C(=O)OC. The summed E-state index contributed by atoms with van der Waals surface area (Å²) in [6.07, 6.45) is 1.94. The molecule has 0 saturated heterocycles. The van der Waals surface area contributed by atoms with Gasteiger partial charge in [-0.25, -0.2) is 0 Å². The third kappa shape index (κ3) is 5.22. The van der Waals surface area contributed by atoms with Crippen LogP contribution in [0.5, 0.6) is 0 Å². The molecule has 0 aliphatic heterocycles. The third-order valence-corrected chi connectivity index (χ3v) is 2.49. The van der Waals surface area contributed by atoms with E-state index in [0.717, 1.165) is 12.8 Å². The number of hydrogen-bond acceptors (Lipinski definition) is 3. The van der Waals surface area contributed by atoms with Gasteiger partial charge in [-0.05, 0) is 26.7 Å². The van der Waals surface area contributed by atoms with Gasteiger partial charge in [0.15, 0.2) is 0 Å². The number of ether oxygens (including phenoxy) is 1. The Hall–Kier alpha value is -0.570. The second kappa shape index (κ2) is 6.82. The van der Waals surface area contributed by atoms with Crippen molar-refractivity contribution < 1.29 is 9.53 Å². The molecule has 0 rings (SSSR count). The van der Waals surface area contributed by atoms with Crippen molar-refractivity contribution in [2.75, 3.05) is 7.11 Å². The molecule has 1 N–H and O–H groups in total. The molecule has 0 fully saturated rings. The number of nitrogens with one attached hydrogen (secondary N) is 1. The van der Waals surface area contributed by atoms with Gasteiger partial charge in [0.25, 0.3) is 0 Å². The quantitative estimate of drug-likeness (QED) is 0.668. The van der Waals surface area contributed by atoms with E-state index in [0.29, 0.717) is 12.1 Å². The minimum absolute atomic E-state index is 0.0217. The second-order valence-corrected chi connectivity index (χ2v) is 4.04. The van der Waals surface area contributed by atoms with Crippen LogP contribution in [-0.4, -0.2) is 25.2 Å². The molecule has 0 saturated carbocycles. The molecule has 0 aliphatic carbocycles. The Kier molecular flexibility index (Phi) is 6.54. The van der Waals surface area contributed by atoms with Crippen LogP contribution in [-0.2, 0) is 9.53 Å². The van der Waals surface area contributed by atoms with Gasteiger partial charge in [0, 0.05) is 12.1 Å². The average molecular weight is 201 g/mol. The van der Waals surface area contributed by atoms with Gasteiger partial charge in [0.2, 0.25) is 0 Å². The molecule has 0 aliphatic rings. The fraction of sp³-hybridized carbons (Fsp3) is 0.909. The standard InChI is InChI=1S/C11H23NO2/c1-6-9(3)12-10(4)7-8(2)11(13)14-5/h8-10,12H,6-7H2,1-5H3. The molecule has 0 spiro atoms. The zero-order valence-corrected chi connectivity index (χ0v) is 9.96. The van der Waals surface area contributed by atoms with Crippen molar-refractivity contribution in [3.8, 4) is 0 Å². The van der Waals surface area contributed by atoms with E-state index in [1.165, 1.54) is 7.11 Å². The maximum Gasteiger partial charge on any atom is 0.308 e. The highest BCUT2D eigenvalue weighted by molar-refractivity contribution is 5.71. The molecule has 3 unspecified atom stereocenters.